The molecule has 0 spiro atoms. The molecule has 2 heterocycles. The summed E-state index contributed by atoms with van der Waals surface area (Å²) in [5.74, 6) is 1.81. The molecule has 0 aliphatic heterocycles. The third-order valence-electron chi connectivity index (χ3n) is 4.82. The van der Waals surface area contributed by atoms with E-state index in [0.29, 0.717) is 0 Å². The minimum absolute atomic E-state index is 0.771. The van der Waals surface area contributed by atoms with Crippen molar-refractivity contribution in [2.24, 2.45) is 4.99 Å². The summed E-state index contributed by atoms with van der Waals surface area (Å²) in [4.78, 5) is 4.29. The van der Waals surface area contributed by atoms with Crippen LogP contribution >= 0.6 is 0 Å². The van der Waals surface area contributed by atoms with Gasteiger partial charge in [0.1, 0.15) is 12.2 Å². The Labute approximate surface area is 172 Å². The lowest BCUT2D eigenvalue weighted by Gasteiger charge is -2.12. The molecule has 0 atom stereocenters. The van der Waals surface area contributed by atoms with Gasteiger partial charge >= 0.3 is 0 Å². The maximum absolute atomic E-state index is 4.64. The predicted octanol–water partition coefficient (Wildman–Crippen LogP) is 2.13. The first-order valence-electron chi connectivity index (χ1n) is 10.1. The molecule has 154 valence electrons. The highest BCUT2D eigenvalue weighted by Gasteiger charge is 2.07. The van der Waals surface area contributed by atoms with Crippen molar-refractivity contribution >= 4 is 5.96 Å². The van der Waals surface area contributed by atoms with E-state index in [1.807, 2.05) is 22.9 Å². The fourth-order valence-electron chi connectivity index (χ4n) is 3.19. The van der Waals surface area contributed by atoms with Crippen LogP contribution in [0.5, 0.6) is 0 Å². The summed E-state index contributed by atoms with van der Waals surface area (Å²) in [6, 6.07) is 10.2. The Morgan fingerprint density at radius 1 is 1.14 bits per heavy atom. The maximum Gasteiger partial charge on any atom is 0.191 e. The van der Waals surface area contributed by atoms with Crippen molar-refractivity contribution in [1.29, 1.82) is 0 Å². The predicted molar refractivity (Wildman–Crippen MR) is 115 cm³/mol. The van der Waals surface area contributed by atoms with Crippen LogP contribution < -0.4 is 10.6 Å². The van der Waals surface area contributed by atoms with Crippen LogP contribution in [0.3, 0.4) is 0 Å². The first-order valence-corrected chi connectivity index (χ1v) is 10.1. The minimum atomic E-state index is 0.771. The molecule has 0 saturated heterocycles. The monoisotopic (exact) mass is 394 g/mol. The van der Waals surface area contributed by atoms with Gasteiger partial charge in [-0.25, -0.2) is 4.68 Å². The van der Waals surface area contributed by atoms with Crippen LogP contribution in [0.15, 0.2) is 47.8 Å². The van der Waals surface area contributed by atoms with Gasteiger partial charge in [0.25, 0.3) is 0 Å². The molecule has 2 N–H and O–H groups in total. The summed E-state index contributed by atoms with van der Waals surface area (Å²) >= 11 is 0. The van der Waals surface area contributed by atoms with Crippen molar-refractivity contribution in [3.05, 3.63) is 59.9 Å². The highest BCUT2D eigenvalue weighted by molar-refractivity contribution is 5.79. The lowest BCUT2D eigenvalue weighted by atomic mass is 10.1. The van der Waals surface area contributed by atoms with Gasteiger partial charge in [0.2, 0.25) is 0 Å². The number of aryl methyl sites for hydroxylation is 3. The first kappa shape index (κ1) is 20.6. The molecule has 2 aromatic heterocycles. The number of aromatic nitrogens is 5. The number of hydrogen-bond donors (Lipinski definition) is 2. The van der Waals surface area contributed by atoms with Gasteiger partial charge < -0.3 is 15.2 Å². The van der Waals surface area contributed by atoms with E-state index < -0.39 is 0 Å². The Hall–Kier alpha value is -3.16. The molecule has 8 heteroatoms. The molecule has 0 amide bonds. The number of hydrogen-bond acceptors (Lipinski definition) is 4. The molecule has 29 heavy (non-hydrogen) atoms. The summed E-state index contributed by atoms with van der Waals surface area (Å²) in [5.41, 5.74) is 3.44. The van der Waals surface area contributed by atoms with Crippen LogP contribution in [0.25, 0.3) is 5.69 Å². The van der Waals surface area contributed by atoms with Crippen molar-refractivity contribution in [3.8, 4) is 5.69 Å². The molecular weight excluding hydrogens is 364 g/mol. The van der Waals surface area contributed by atoms with Crippen molar-refractivity contribution < 1.29 is 0 Å². The summed E-state index contributed by atoms with van der Waals surface area (Å²) < 4.78 is 4.02. The number of para-hydroxylation sites is 1. The molecule has 0 unspecified atom stereocenters. The van der Waals surface area contributed by atoms with Crippen molar-refractivity contribution in [2.75, 3.05) is 20.1 Å². The second kappa shape index (κ2) is 10.4. The van der Waals surface area contributed by atoms with Gasteiger partial charge in [0.05, 0.1) is 11.4 Å². The third kappa shape index (κ3) is 5.66. The van der Waals surface area contributed by atoms with Crippen LogP contribution in [-0.2, 0) is 19.4 Å². The van der Waals surface area contributed by atoms with Crippen LogP contribution in [0.1, 0.15) is 30.4 Å². The lowest BCUT2D eigenvalue weighted by molar-refractivity contribution is 0.630. The second-order valence-electron chi connectivity index (χ2n) is 6.84. The van der Waals surface area contributed by atoms with Gasteiger partial charge in [-0.2, -0.15) is 5.10 Å². The van der Waals surface area contributed by atoms with Gasteiger partial charge in [-0.05, 0) is 37.5 Å². The number of nitrogens with one attached hydrogen (secondary N) is 2. The smallest absolute Gasteiger partial charge is 0.191 e. The molecule has 8 nitrogen and oxygen atoms in total. The summed E-state index contributed by atoms with van der Waals surface area (Å²) in [5, 5.41) is 19.4. The number of nitrogens with zero attached hydrogens (tertiary/aromatic N) is 6. The minimum Gasteiger partial charge on any atom is -0.356 e. The van der Waals surface area contributed by atoms with Gasteiger partial charge in [-0.15, -0.1) is 10.2 Å². The molecule has 3 rings (SSSR count). The third-order valence-corrected chi connectivity index (χ3v) is 4.82. The molecule has 0 saturated carbocycles. The summed E-state index contributed by atoms with van der Waals surface area (Å²) in [6.07, 6.45) is 6.76. The van der Waals surface area contributed by atoms with E-state index in [4.69, 9.17) is 0 Å². The Balaban J connectivity index is 1.41. The Morgan fingerprint density at radius 2 is 1.93 bits per heavy atom. The topological polar surface area (TPSA) is 85.0 Å². The van der Waals surface area contributed by atoms with E-state index in [0.717, 1.165) is 62.1 Å². The van der Waals surface area contributed by atoms with Crippen molar-refractivity contribution in [2.45, 2.75) is 39.7 Å². The average Bonchev–Trinajstić information content (AvgIpc) is 3.36. The van der Waals surface area contributed by atoms with E-state index in [1.54, 1.807) is 13.4 Å². The van der Waals surface area contributed by atoms with E-state index in [2.05, 4.69) is 67.7 Å². The zero-order valence-electron chi connectivity index (χ0n) is 17.5. The normalized spacial score (nSPS) is 11.6. The van der Waals surface area contributed by atoms with Crippen LogP contribution in [0.2, 0.25) is 0 Å². The Morgan fingerprint density at radius 3 is 2.69 bits per heavy atom. The number of rotatable bonds is 9. The maximum atomic E-state index is 4.64. The molecule has 3 aromatic rings. The van der Waals surface area contributed by atoms with Gasteiger partial charge in [0.15, 0.2) is 5.96 Å². The lowest BCUT2D eigenvalue weighted by Crippen LogP contribution is -2.39. The van der Waals surface area contributed by atoms with Crippen LogP contribution in [0, 0.1) is 6.92 Å². The quantitative estimate of drug-likeness (QED) is 0.330. The molecule has 0 aliphatic rings. The molecule has 0 bridgehead atoms. The molecule has 0 fully saturated rings. The summed E-state index contributed by atoms with van der Waals surface area (Å²) in [6.45, 7) is 6.59. The van der Waals surface area contributed by atoms with E-state index in [9.17, 15) is 0 Å². The number of benzene rings is 1. The van der Waals surface area contributed by atoms with Crippen molar-refractivity contribution in [3.63, 3.8) is 0 Å². The largest absolute Gasteiger partial charge is 0.356 e. The zero-order valence-corrected chi connectivity index (χ0v) is 17.5. The SMILES string of the molecule is CCc1nncn1CCNC(=NC)NCCCc1cn(-c2ccccc2)nc1C. The van der Waals surface area contributed by atoms with Gasteiger partial charge in [0, 0.05) is 39.3 Å². The molecule has 1 aromatic carbocycles. The van der Waals surface area contributed by atoms with Crippen molar-refractivity contribution in [1.82, 2.24) is 35.2 Å². The number of guanidine groups is 1. The standard InChI is InChI=1S/C21H30N8/c1-4-20-26-25-16-28(20)14-13-24-21(22-3)23-12-8-9-18-15-29(27-17(18)2)19-10-6-5-7-11-19/h5-7,10-11,15-16H,4,8-9,12-14H2,1-3H3,(H2,22,23,24). The van der Waals surface area contributed by atoms with Gasteiger partial charge in [-0.3, -0.25) is 4.99 Å². The zero-order chi connectivity index (χ0) is 20.5. The Kier molecular flexibility index (Phi) is 7.38. The van der Waals surface area contributed by atoms with Crippen LogP contribution in [-0.4, -0.2) is 50.6 Å². The molecule has 0 radical (unpaired) electrons. The highest BCUT2D eigenvalue weighted by Crippen LogP contribution is 2.13. The molecule has 0 aliphatic carbocycles. The second-order valence-corrected chi connectivity index (χ2v) is 6.84. The number of aliphatic imine (C=N–C) groups is 1. The van der Waals surface area contributed by atoms with E-state index in [1.165, 1.54) is 5.56 Å². The highest BCUT2D eigenvalue weighted by atomic mass is 15.3. The van der Waals surface area contributed by atoms with Crippen LogP contribution in [0.4, 0.5) is 0 Å². The fraction of sp³-hybridized carbons (Fsp3) is 0.429. The van der Waals surface area contributed by atoms with E-state index in [-0.39, 0.29) is 0 Å². The summed E-state index contributed by atoms with van der Waals surface area (Å²) in [7, 11) is 1.79. The average molecular weight is 395 g/mol. The fourth-order valence-corrected chi connectivity index (χ4v) is 3.19. The first-order chi connectivity index (χ1) is 14.2. The molecular formula is C21H30N8. The van der Waals surface area contributed by atoms with Gasteiger partial charge in [-0.1, -0.05) is 25.1 Å². The Bertz CT molecular complexity index is 910. The van der Waals surface area contributed by atoms with E-state index >= 15 is 0 Å².